The molecule has 6 nitrogen and oxygen atoms in total. The van der Waals surface area contributed by atoms with Crippen molar-refractivity contribution in [3.63, 3.8) is 0 Å². The molecule has 1 rings (SSSR count). The van der Waals surface area contributed by atoms with Crippen LogP contribution in [0.3, 0.4) is 0 Å². The summed E-state index contributed by atoms with van der Waals surface area (Å²) in [5.74, 6) is -0.333. The molecule has 11 heavy (non-hydrogen) atoms. The normalized spacial score (nSPS) is 11.4. The van der Waals surface area contributed by atoms with Gasteiger partial charge in [0.15, 0.2) is 5.82 Å². The quantitative estimate of drug-likeness (QED) is 0.599. The Morgan fingerprint density at radius 1 is 1.64 bits per heavy atom. The number of carbonyl (C=O) groups is 1. The lowest BCUT2D eigenvalue weighted by Crippen LogP contribution is -2.16. The van der Waals surface area contributed by atoms with Crippen molar-refractivity contribution in [3.8, 4) is 0 Å². The van der Waals surface area contributed by atoms with Crippen molar-refractivity contribution >= 4 is 15.1 Å². The Kier molecular flexibility index (Phi) is 1.75. The first-order valence-electron chi connectivity index (χ1n) is 2.55. The molecule has 59 valence electrons. The molecule has 0 unspecified atom stereocenters. The summed E-state index contributed by atoms with van der Waals surface area (Å²) in [5.41, 5.74) is 0. The molecule has 0 amide bonds. The molecular formula is C4H4N3O3S. The predicted octanol–water partition coefficient (Wildman–Crippen LogP) is -0.837. The SMILES string of the molecule is [NH]S(=O)(=O)C(=O)c1ncc[nH]1. The average molecular weight is 174 g/mol. The molecule has 0 saturated carbocycles. The van der Waals surface area contributed by atoms with E-state index in [1.807, 2.05) is 0 Å². The number of imidazole rings is 1. The van der Waals surface area contributed by atoms with Crippen LogP contribution in [0.15, 0.2) is 12.4 Å². The summed E-state index contributed by atoms with van der Waals surface area (Å²) in [5, 5.41) is 5.06. The van der Waals surface area contributed by atoms with Crippen molar-refractivity contribution in [1.82, 2.24) is 15.1 Å². The van der Waals surface area contributed by atoms with Crippen molar-refractivity contribution < 1.29 is 13.2 Å². The maximum absolute atomic E-state index is 10.7. The fraction of sp³-hybridized carbons (Fsp3) is 0. The molecule has 1 aromatic rings. The maximum Gasteiger partial charge on any atom is 0.327 e. The molecule has 2 N–H and O–H groups in total. The Morgan fingerprint density at radius 2 is 2.27 bits per heavy atom. The summed E-state index contributed by atoms with van der Waals surface area (Å²) in [6, 6.07) is 0. The smallest absolute Gasteiger partial charge is 0.327 e. The van der Waals surface area contributed by atoms with Gasteiger partial charge < -0.3 is 4.98 Å². The van der Waals surface area contributed by atoms with Crippen LogP contribution in [-0.2, 0) is 10.0 Å². The number of hydrogen-bond acceptors (Lipinski definition) is 4. The summed E-state index contributed by atoms with van der Waals surface area (Å²) in [4.78, 5) is 16.3. The van der Waals surface area contributed by atoms with Crippen LogP contribution in [0.1, 0.15) is 10.6 Å². The maximum atomic E-state index is 10.7. The molecule has 1 radical (unpaired) electrons. The summed E-state index contributed by atoms with van der Waals surface area (Å²) in [6.07, 6.45) is 2.54. The molecule has 0 fully saturated rings. The Hall–Kier alpha value is -1.21. The van der Waals surface area contributed by atoms with Crippen LogP contribution in [0.25, 0.3) is 0 Å². The third kappa shape index (κ3) is 1.63. The van der Waals surface area contributed by atoms with Gasteiger partial charge in [-0.3, -0.25) is 4.79 Å². The van der Waals surface area contributed by atoms with E-state index in [9.17, 15) is 13.2 Å². The van der Waals surface area contributed by atoms with Gasteiger partial charge in [0.05, 0.1) is 0 Å². The number of H-pyrrole nitrogens is 1. The van der Waals surface area contributed by atoms with E-state index in [1.54, 1.807) is 0 Å². The summed E-state index contributed by atoms with van der Waals surface area (Å²) >= 11 is 0. The van der Waals surface area contributed by atoms with Crippen molar-refractivity contribution in [2.24, 2.45) is 0 Å². The zero-order valence-corrected chi connectivity index (χ0v) is 6.05. The number of nitrogens with zero attached hydrogens (tertiary/aromatic N) is 1. The van der Waals surface area contributed by atoms with Crippen LogP contribution in [-0.4, -0.2) is 23.5 Å². The minimum Gasteiger partial charge on any atom is -0.341 e. The molecule has 0 bridgehead atoms. The van der Waals surface area contributed by atoms with Crippen LogP contribution < -0.4 is 5.14 Å². The van der Waals surface area contributed by atoms with E-state index in [0.29, 0.717) is 0 Å². The standard InChI is InChI=1S/C4H4N3O3S/c5-11(9,10)4(8)3-6-1-2-7-3/h1-2,5H,(H,6,7). The van der Waals surface area contributed by atoms with Gasteiger partial charge in [0.1, 0.15) is 0 Å². The minimum atomic E-state index is -4.41. The molecule has 1 aromatic heterocycles. The summed E-state index contributed by atoms with van der Waals surface area (Å²) in [7, 11) is -4.41. The lowest BCUT2D eigenvalue weighted by Gasteiger charge is -1.88. The number of carbonyl (C=O) groups excluding carboxylic acids is 1. The number of nitrogens with one attached hydrogen (secondary N) is 2. The Morgan fingerprint density at radius 3 is 2.64 bits per heavy atom. The van der Waals surface area contributed by atoms with E-state index in [1.165, 1.54) is 12.4 Å². The zero-order chi connectivity index (χ0) is 8.48. The van der Waals surface area contributed by atoms with Crippen molar-refractivity contribution in [1.29, 1.82) is 0 Å². The Balaban J connectivity index is 3.07. The molecular weight excluding hydrogens is 170 g/mol. The highest BCUT2D eigenvalue weighted by Crippen LogP contribution is 1.95. The van der Waals surface area contributed by atoms with Gasteiger partial charge in [0.25, 0.3) is 10.0 Å². The second kappa shape index (κ2) is 2.44. The van der Waals surface area contributed by atoms with Crippen molar-refractivity contribution in [3.05, 3.63) is 18.2 Å². The molecule has 0 aliphatic carbocycles. The molecule has 0 saturated heterocycles. The number of rotatable bonds is 1. The Labute approximate surface area is 62.5 Å². The van der Waals surface area contributed by atoms with Gasteiger partial charge in [-0.1, -0.05) is 0 Å². The van der Waals surface area contributed by atoms with Crippen molar-refractivity contribution in [2.75, 3.05) is 0 Å². The third-order valence-electron chi connectivity index (χ3n) is 0.936. The van der Waals surface area contributed by atoms with E-state index in [-0.39, 0.29) is 5.82 Å². The highest BCUT2D eigenvalue weighted by atomic mass is 32.2. The molecule has 7 heteroatoms. The van der Waals surface area contributed by atoms with E-state index in [0.717, 1.165) is 0 Å². The van der Waals surface area contributed by atoms with E-state index >= 15 is 0 Å². The molecule has 0 spiro atoms. The second-order valence-corrected chi connectivity index (χ2v) is 3.11. The lowest BCUT2D eigenvalue weighted by molar-refractivity contribution is 0.106. The highest BCUT2D eigenvalue weighted by Gasteiger charge is 2.21. The van der Waals surface area contributed by atoms with Crippen LogP contribution in [0.4, 0.5) is 0 Å². The number of sulfonamides is 1. The summed E-state index contributed by atoms with van der Waals surface area (Å²) < 4.78 is 20.6. The second-order valence-electron chi connectivity index (χ2n) is 1.73. The predicted molar refractivity (Wildman–Crippen MR) is 34.9 cm³/mol. The van der Waals surface area contributed by atoms with E-state index in [4.69, 9.17) is 5.14 Å². The van der Waals surface area contributed by atoms with Gasteiger partial charge in [-0.25, -0.2) is 13.4 Å². The molecule has 0 aromatic carbocycles. The van der Waals surface area contributed by atoms with E-state index in [2.05, 4.69) is 9.97 Å². The van der Waals surface area contributed by atoms with Gasteiger partial charge in [-0.2, -0.15) is 0 Å². The number of aromatic nitrogens is 2. The monoisotopic (exact) mass is 174 g/mol. The first kappa shape index (κ1) is 7.89. The van der Waals surface area contributed by atoms with Crippen LogP contribution in [0, 0.1) is 0 Å². The van der Waals surface area contributed by atoms with Gasteiger partial charge in [0, 0.05) is 12.4 Å². The fourth-order valence-electron chi connectivity index (χ4n) is 0.504. The Bertz CT molecular complexity index is 352. The van der Waals surface area contributed by atoms with Crippen LogP contribution in [0.5, 0.6) is 0 Å². The van der Waals surface area contributed by atoms with Crippen molar-refractivity contribution in [2.45, 2.75) is 0 Å². The molecule has 0 aliphatic heterocycles. The number of aromatic amines is 1. The largest absolute Gasteiger partial charge is 0.341 e. The van der Waals surface area contributed by atoms with Gasteiger partial charge >= 0.3 is 5.12 Å². The van der Waals surface area contributed by atoms with Gasteiger partial charge in [-0.15, -0.1) is 5.14 Å². The minimum absolute atomic E-state index is 0.333. The zero-order valence-electron chi connectivity index (χ0n) is 5.23. The van der Waals surface area contributed by atoms with E-state index < -0.39 is 15.1 Å². The topological polar surface area (TPSA) is 104 Å². The molecule has 0 aliphatic rings. The highest BCUT2D eigenvalue weighted by molar-refractivity contribution is 8.04. The summed E-state index contributed by atoms with van der Waals surface area (Å²) in [6.45, 7) is 0. The lowest BCUT2D eigenvalue weighted by atomic mass is 10.7. The van der Waals surface area contributed by atoms with Gasteiger partial charge in [-0.05, 0) is 0 Å². The average Bonchev–Trinajstić information content (AvgIpc) is 2.34. The van der Waals surface area contributed by atoms with Gasteiger partial charge in [0.2, 0.25) is 0 Å². The first-order chi connectivity index (χ1) is 5.02. The third-order valence-corrected chi connectivity index (χ3v) is 1.62. The molecule has 0 atom stereocenters. The fourth-order valence-corrected chi connectivity index (χ4v) is 0.870. The van der Waals surface area contributed by atoms with Crippen LogP contribution in [0.2, 0.25) is 0 Å². The number of hydrogen-bond donors (Lipinski definition) is 1. The molecule has 1 heterocycles. The van der Waals surface area contributed by atoms with Crippen LogP contribution >= 0.6 is 0 Å². The first-order valence-corrected chi connectivity index (χ1v) is 4.03.